The smallest absolute Gasteiger partial charge is 0.242 e. The maximum atomic E-state index is 12.0. The zero-order valence-corrected chi connectivity index (χ0v) is 12.6. The first-order valence-electron chi connectivity index (χ1n) is 6.70. The number of benzene rings is 1. The molecule has 0 radical (unpaired) electrons. The highest BCUT2D eigenvalue weighted by atomic mass is 32.2. The Morgan fingerprint density at radius 3 is 2.16 bits per heavy atom. The average molecular weight is 282 g/mol. The highest BCUT2D eigenvalue weighted by Crippen LogP contribution is 2.38. The van der Waals surface area contributed by atoms with Crippen LogP contribution in [-0.2, 0) is 10.0 Å². The SMILES string of the molecule is CCC1(Nc2ccc(S(=O)(=O)N(C)C)cc2)CCC1. The summed E-state index contributed by atoms with van der Waals surface area (Å²) in [6.45, 7) is 2.19. The predicted octanol–water partition coefficient (Wildman–Crippen LogP) is 2.68. The monoisotopic (exact) mass is 282 g/mol. The molecule has 0 saturated heterocycles. The third-order valence-electron chi connectivity index (χ3n) is 4.03. The molecule has 1 aliphatic rings. The highest BCUT2D eigenvalue weighted by molar-refractivity contribution is 7.89. The second kappa shape index (κ2) is 5.13. The topological polar surface area (TPSA) is 49.4 Å². The Bertz CT molecular complexity index is 526. The highest BCUT2D eigenvalue weighted by Gasteiger charge is 2.34. The van der Waals surface area contributed by atoms with Crippen LogP contribution in [0.1, 0.15) is 32.6 Å². The molecule has 2 rings (SSSR count). The van der Waals surface area contributed by atoms with E-state index in [-0.39, 0.29) is 5.54 Å². The Hall–Kier alpha value is -1.07. The Balaban J connectivity index is 2.15. The molecule has 1 fully saturated rings. The number of hydrogen-bond acceptors (Lipinski definition) is 3. The lowest BCUT2D eigenvalue weighted by atomic mass is 9.74. The van der Waals surface area contributed by atoms with Crippen molar-refractivity contribution >= 4 is 15.7 Å². The summed E-state index contributed by atoms with van der Waals surface area (Å²) in [5, 5.41) is 3.54. The van der Waals surface area contributed by atoms with Gasteiger partial charge in [-0.05, 0) is 49.9 Å². The van der Waals surface area contributed by atoms with E-state index in [1.165, 1.54) is 23.6 Å². The van der Waals surface area contributed by atoms with Crippen LogP contribution in [0.3, 0.4) is 0 Å². The summed E-state index contributed by atoms with van der Waals surface area (Å²) in [6, 6.07) is 7.04. The fraction of sp³-hybridized carbons (Fsp3) is 0.571. The van der Waals surface area contributed by atoms with Gasteiger partial charge < -0.3 is 5.32 Å². The molecule has 0 spiro atoms. The van der Waals surface area contributed by atoms with E-state index in [2.05, 4.69) is 12.2 Å². The van der Waals surface area contributed by atoms with Crippen molar-refractivity contribution in [3.05, 3.63) is 24.3 Å². The van der Waals surface area contributed by atoms with Crippen molar-refractivity contribution in [2.45, 2.75) is 43.0 Å². The number of anilines is 1. The summed E-state index contributed by atoms with van der Waals surface area (Å²) in [4.78, 5) is 0.335. The molecule has 1 aromatic carbocycles. The summed E-state index contributed by atoms with van der Waals surface area (Å²) in [6.07, 6.45) is 4.77. The van der Waals surface area contributed by atoms with Crippen LogP contribution in [0.15, 0.2) is 29.2 Å². The number of rotatable bonds is 5. The molecule has 106 valence electrons. The number of hydrogen-bond donors (Lipinski definition) is 1. The van der Waals surface area contributed by atoms with Crippen LogP contribution in [0, 0.1) is 0 Å². The van der Waals surface area contributed by atoms with E-state index in [1.807, 2.05) is 12.1 Å². The minimum Gasteiger partial charge on any atom is -0.380 e. The Morgan fingerprint density at radius 2 is 1.79 bits per heavy atom. The van der Waals surface area contributed by atoms with E-state index in [1.54, 1.807) is 26.2 Å². The van der Waals surface area contributed by atoms with Crippen molar-refractivity contribution in [1.29, 1.82) is 0 Å². The predicted molar refractivity (Wildman–Crippen MR) is 77.8 cm³/mol. The van der Waals surface area contributed by atoms with Crippen LogP contribution < -0.4 is 5.32 Å². The maximum absolute atomic E-state index is 12.0. The fourth-order valence-electron chi connectivity index (χ4n) is 2.40. The lowest BCUT2D eigenvalue weighted by Crippen LogP contribution is -2.44. The lowest BCUT2D eigenvalue weighted by molar-refractivity contribution is 0.269. The molecule has 0 aliphatic heterocycles. The summed E-state index contributed by atoms with van der Waals surface area (Å²) >= 11 is 0. The van der Waals surface area contributed by atoms with Crippen LogP contribution in [0.25, 0.3) is 0 Å². The van der Waals surface area contributed by atoms with E-state index in [4.69, 9.17) is 0 Å². The van der Waals surface area contributed by atoms with Gasteiger partial charge in [0.05, 0.1) is 4.90 Å². The lowest BCUT2D eigenvalue weighted by Gasteiger charge is -2.43. The normalized spacial score (nSPS) is 18.1. The average Bonchev–Trinajstić information content (AvgIpc) is 2.34. The molecule has 4 nitrogen and oxygen atoms in total. The van der Waals surface area contributed by atoms with E-state index < -0.39 is 10.0 Å². The standard InChI is InChI=1S/C14H22N2O2S/c1-4-14(10-5-11-14)15-12-6-8-13(9-7-12)19(17,18)16(2)3/h6-9,15H,4-5,10-11H2,1-3H3. The molecule has 1 aliphatic carbocycles. The zero-order valence-electron chi connectivity index (χ0n) is 11.8. The van der Waals surface area contributed by atoms with Crippen LogP contribution in [0.5, 0.6) is 0 Å². The van der Waals surface area contributed by atoms with Gasteiger partial charge in [0.25, 0.3) is 0 Å². The molecule has 0 heterocycles. The largest absolute Gasteiger partial charge is 0.380 e. The molecule has 5 heteroatoms. The molecule has 1 N–H and O–H groups in total. The number of nitrogens with one attached hydrogen (secondary N) is 1. The van der Waals surface area contributed by atoms with Crippen LogP contribution in [0.4, 0.5) is 5.69 Å². The molecule has 0 unspecified atom stereocenters. The second-order valence-electron chi connectivity index (χ2n) is 5.42. The van der Waals surface area contributed by atoms with Crippen LogP contribution in [0.2, 0.25) is 0 Å². The van der Waals surface area contributed by atoms with E-state index >= 15 is 0 Å². The van der Waals surface area contributed by atoms with Gasteiger partial charge in [0, 0.05) is 25.3 Å². The molecule has 0 bridgehead atoms. The van der Waals surface area contributed by atoms with Gasteiger partial charge in [-0.15, -0.1) is 0 Å². The number of sulfonamides is 1. The summed E-state index contributed by atoms with van der Waals surface area (Å²) < 4.78 is 25.1. The van der Waals surface area contributed by atoms with Crippen LogP contribution in [-0.4, -0.2) is 32.4 Å². The quantitative estimate of drug-likeness (QED) is 0.903. The van der Waals surface area contributed by atoms with Crippen molar-refractivity contribution in [3.8, 4) is 0 Å². The van der Waals surface area contributed by atoms with E-state index in [9.17, 15) is 8.42 Å². The molecule has 0 amide bonds. The maximum Gasteiger partial charge on any atom is 0.242 e. The fourth-order valence-corrected chi connectivity index (χ4v) is 3.30. The first-order valence-corrected chi connectivity index (χ1v) is 8.14. The van der Waals surface area contributed by atoms with Crippen molar-refractivity contribution in [1.82, 2.24) is 4.31 Å². The third kappa shape index (κ3) is 2.77. The minimum atomic E-state index is -3.33. The summed E-state index contributed by atoms with van der Waals surface area (Å²) in [5.41, 5.74) is 1.22. The Morgan fingerprint density at radius 1 is 1.21 bits per heavy atom. The van der Waals surface area contributed by atoms with Gasteiger partial charge >= 0.3 is 0 Å². The third-order valence-corrected chi connectivity index (χ3v) is 5.86. The first kappa shape index (κ1) is 14.3. The number of nitrogens with zero attached hydrogens (tertiary/aromatic N) is 1. The Labute approximate surface area is 115 Å². The Kier molecular flexibility index (Phi) is 3.87. The van der Waals surface area contributed by atoms with E-state index in [0.29, 0.717) is 4.90 Å². The van der Waals surface area contributed by atoms with Crippen molar-refractivity contribution in [2.24, 2.45) is 0 Å². The van der Waals surface area contributed by atoms with Crippen molar-refractivity contribution in [2.75, 3.05) is 19.4 Å². The minimum absolute atomic E-state index is 0.224. The van der Waals surface area contributed by atoms with Gasteiger partial charge in [-0.25, -0.2) is 12.7 Å². The van der Waals surface area contributed by atoms with E-state index in [0.717, 1.165) is 12.1 Å². The van der Waals surface area contributed by atoms with Crippen LogP contribution >= 0.6 is 0 Å². The van der Waals surface area contributed by atoms with Crippen molar-refractivity contribution in [3.63, 3.8) is 0 Å². The molecule has 1 saturated carbocycles. The molecular weight excluding hydrogens is 260 g/mol. The van der Waals surface area contributed by atoms with Gasteiger partial charge in [0.1, 0.15) is 0 Å². The molecule has 0 aromatic heterocycles. The van der Waals surface area contributed by atoms with Gasteiger partial charge in [-0.1, -0.05) is 6.92 Å². The molecular formula is C14H22N2O2S. The molecule has 19 heavy (non-hydrogen) atoms. The zero-order chi connectivity index (χ0) is 14.1. The second-order valence-corrected chi connectivity index (χ2v) is 7.58. The molecule has 0 atom stereocenters. The van der Waals surface area contributed by atoms with Gasteiger partial charge in [0.2, 0.25) is 10.0 Å². The van der Waals surface area contributed by atoms with Gasteiger partial charge in [-0.3, -0.25) is 0 Å². The summed E-state index contributed by atoms with van der Waals surface area (Å²) in [7, 11) is -0.242. The molecule has 1 aromatic rings. The van der Waals surface area contributed by atoms with Crippen molar-refractivity contribution < 1.29 is 8.42 Å². The first-order chi connectivity index (χ1) is 8.89. The van der Waals surface area contributed by atoms with Gasteiger partial charge in [0.15, 0.2) is 0 Å². The summed E-state index contributed by atoms with van der Waals surface area (Å²) in [5.74, 6) is 0. The van der Waals surface area contributed by atoms with Gasteiger partial charge in [-0.2, -0.15) is 0 Å².